The number of hydrogen-bond donors (Lipinski definition) is 1. The number of benzene rings is 1. The maximum Gasteiger partial charge on any atom is 0.416 e. The van der Waals surface area contributed by atoms with Crippen molar-refractivity contribution in [1.82, 2.24) is 4.90 Å². The van der Waals surface area contributed by atoms with Crippen LogP contribution in [0.15, 0.2) is 18.2 Å². The maximum atomic E-state index is 13.6. The van der Waals surface area contributed by atoms with Gasteiger partial charge in [0.15, 0.2) is 0 Å². The zero-order chi connectivity index (χ0) is 16.4. The summed E-state index contributed by atoms with van der Waals surface area (Å²) in [7, 11) is 1.35. The molecule has 0 aliphatic carbocycles. The molecule has 0 heterocycles. The highest BCUT2D eigenvalue weighted by Gasteiger charge is 2.32. The first-order valence-corrected chi connectivity index (χ1v) is 6.37. The summed E-state index contributed by atoms with van der Waals surface area (Å²) < 4.78 is 51.5. The van der Waals surface area contributed by atoms with E-state index in [1.54, 1.807) is 6.92 Å². The van der Waals surface area contributed by atoms with Gasteiger partial charge in [-0.3, -0.25) is 4.79 Å². The number of carbonyl (C=O) groups excluding carboxylic acids is 1. The number of alkyl halides is 3. The lowest BCUT2D eigenvalue weighted by Crippen LogP contribution is -2.37. The van der Waals surface area contributed by atoms with E-state index < -0.39 is 35.1 Å². The van der Waals surface area contributed by atoms with E-state index in [0.29, 0.717) is 18.2 Å². The maximum absolute atomic E-state index is 13.6. The molecule has 21 heavy (non-hydrogen) atoms. The molecule has 3 nitrogen and oxygen atoms in total. The quantitative estimate of drug-likeness (QED) is 0.685. The molecule has 0 spiro atoms. The number of thiocarbonyl (C=S) groups is 1. The Bertz CT molecular complexity index is 560. The molecule has 0 fully saturated rings. The number of carbonyl (C=O) groups is 1. The molecule has 1 amide bonds. The van der Waals surface area contributed by atoms with Crippen molar-refractivity contribution in [2.75, 3.05) is 7.05 Å². The number of nitrogens with two attached hydrogens (primary N) is 1. The predicted molar refractivity (Wildman–Crippen MR) is 74.4 cm³/mol. The van der Waals surface area contributed by atoms with Gasteiger partial charge in [-0.15, -0.1) is 0 Å². The minimum absolute atomic E-state index is 0.159. The van der Waals surface area contributed by atoms with E-state index in [0.717, 1.165) is 4.90 Å². The molecule has 0 bridgehead atoms. The summed E-state index contributed by atoms with van der Waals surface area (Å²) >= 11 is 4.71. The molecule has 1 rings (SSSR count). The molecule has 1 aromatic rings. The Morgan fingerprint density at radius 3 is 2.48 bits per heavy atom. The van der Waals surface area contributed by atoms with Crippen molar-refractivity contribution in [2.45, 2.75) is 25.6 Å². The van der Waals surface area contributed by atoms with Crippen LogP contribution >= 0.6 is 12.2 Å². The number of halogens is 4. The van der Waals surface area contributed by atoms with Gasteiger partial charge in [-0.1, -0.05) is 12.2 Å². The van der Waals surface area contributed by atoms with Crippen LogP contribution in [-0.2, 0) is 6.18 Å². The summed E-state index contributed by atoms with van der Waals surface area (Å²) in [5, 5.41) is 0. The minimum Gasteiger partial charge on any atom is -0.393 e. The highest BCUT2D eigenvalue weighted by atomic mass is 32.1. The average molecular weight is 322 g/mol. The summed E-state index contributed by atoms with van der Waals surface area (Å²) in [6.45, 7) is 1.61. The fourth-order valence-corrected chi connectivity index (χ4v) is 1.92. The summed E-state index contributed by atoms with van der Waals surface area (Å²) in [5.41, 5.74) is 3.63. The van der Waals surface area contributed by atoms with Crippen molar-refractivity contribution in [2.24, 2.45) is 5.73 Å². The fourth-order valence-electron chi connectivity index (χ4n) is 1.68. The topological polar surface area (TPSA) is 46.3 Å². The second-order valence-corrected chi connectivity index (χ2v) is 5.15. The first-order valence-electron chi connectivity index (χ1n) is 5.96. The molecule has 0 saturated heterocycles. The first kappa shape index (κ1) is 17.4. The monoisotopic (exact) mass is 322 g/mol. The zero-order valence-electron chi connectivity index (χ0n) is 11.4. The normalized spacial score (nSPS) is 12.9. The van der Waals surface area contributed by atoms with Gasteiger partial charge in [0.1, 0.15) is 5.82 Å². The molecule has 0 radical (unpaired) electrons. The highest BCUT2D eigenvalue weighted by Crippen LogP contribution is 2.30. The van der Waals surface area contributed by atoms with Crippen LogP contribution in [0.25, 0.3) is 0 Å². The van der Waals surface area contributed by atoms with Crippen LogP contribution in [0.3, 0.4) is 0 Å². The summed E-state index contributed by atoms with van der Waals surface area (Å²) in [6.07, 6.45) is -4.45. The Kier molecular flexibility index (Phi) is 5.27. The van der Waals surface area contributed by atoms with Gasteiger partial charge in [0, 0.05) is 19.5 Å². The molecule has 8 heteroatoms. The van der Waals surface area contributed by atoms with Crippen LogP contribution in [0.5, 0.6) is 0 Å². The van der Waals surface area contributed by atoms with E-state index in [2.05, 4.69) is 0 Å². The number of amides is 1. The zero-order valence-corrected chi connectivity index (χ0v) is 12.2. The second kappa shape index (κ2) is 6.38. The fraction of sp³-hybridized carbons (Fsp3) is 0.385. The van der Waals surface area contributed by atoms with Gasteiger partial charge in [0.2, 0.25) is 0 Å². The smallest absolute Gasteiger partial charge is 0.393 e. The van der Waals surface area contributed by atoms with E-state index in [1.807, 2.05) is 0 Å². The third kappa shape index (κ3) is 4.38. The molecule has 0 aliphatic rings. The van der Waals surface area contributed by atoms with Crippen LogP contribution in [0.4, 0.5) is 17.6 Å². The number of hydrogen-bond acceptors (Lipinski definition) is 2. The van der Waals surface area contributed by atoms with Crippen molar-refractivity contribution in [3.8, 4) is 0 Å². The van der Waals surface area contributed by atoms with Crippen LogP contribution in [0.2, 0.25) is 0 Å². The highest BCUT2D eigenvalue weighted by molar-refractivity contribution is 7.80. The van der Waals surface area contributed by atoms with Gasteiger partial charge in [0.05, 0.1) is 16.1 Å². The van der Waals surface area contributed by atoms with Gasteiger partial charge in [-0.25, -0.2) is 4.39 Å². The Labute approximate surface area is 124 Å². The molecule has 2 N–H and O–H groups in total. The van der Waals surface area contributed by atoms with Crippen LogP contribution < -0.4 is 5.73 Å². The number of rotatable bonds is 4. The van der Waals surface area contributed by atoms with Crippen molar-refractivity contribution in [3.05, 3.63) is 35.1 Å². The second-order valence-electron chi connectivity index (χ2n) is 4.63. The van der Waals surface area contributed by atoms with Gasteiger partial charge < -0.3 is 10.6 Å². The Morgan fingerprint density at radius 1 is 1.43 bits per heavy atom. The average Bonchev–Trinajstić information content (AvgIpc) is 2.35. The summed E-state index contributed by atoms with van der Waals surface area (Å²) in [6, 6.07) is 1.26. The summed E-state index contributed by atoms with van der Waals surface area (Å²) in [4.78, 5) is 13.4. The van der Waals surface area contributed by atoms with E-state index in [9.17, 15) is 22.4 Å². The summed E-state index contributed by atoms with van der Waals surface area (Å²) in [5.74, 6) is -1.87. The van der Waals surface area contributed by atoms with Crippen LogP contribution in [0, 0.1) is 5.82 Å². The lowest BCUT2D eigenvalue weighted by molar-refractivity contribution is -0.137. The lowest BCUT2D eigenvalue weighted by Gasteiger charge is -2.25. The molecule has 116 valence electrons. The third-order valence-electron chi connectivity index (χ3n) is 3.00. The molecule has 0 aliphatic heterocycles. The predicted octanol–water partition coefficient (Wildman–Crippen LogP) is 2.98. The van der Waals surface area contributed by atoms with E-state index in [1.165, 1.54) is 7.05 Å². The van der Waals surface area contributed by atoms with E-state index in [-0.39, 0.29) is 11.4 Å². The van der Waals surface area contributed by atoms with Crippen LogP contribution in [0.1, 0.15) is 29.3 Å². The third-order valence-corrected chi connectivity index (χ3v) is 3.17. The van der Waals surface area contributed by atoms with Gasteiger partial charge in [0.25, 0.3) is 5.91 Å². The molecule has 0 saturated carbocycles. The van der Waals surface area contributed by atoms with Gasteiger partial charge in [-0.2, -0.15) is 13.2 Å². The minimum atomic E-state index is -4.65. The van der Waals surface area contributed by atoms with Crippen LogP contribution in [-0.4, -0.2) is 28.9 Å². The lowest BCUT2D eigenvalue weighted by atomic mass is 10.1. The van der Waals surface area contributed by atoms with Gasteiger partial charge >= 0.3 is 6.18 Å². The number of nitrogens with zero attached hydrogens (tertiary/aromatic N) is 1. The SMILES string of the molecule is CC(CC(N)=S)N(C)C(=O)c1cc(C(F)(F)F)ccc1F. The van der Waals surface area contributed by atoms with Crippen molar-refractivity contribution < 1.29 is 22.4 Å². The molecule has 1 unspecified atom stereocenters. The molecule has 0 aromatic heterocycles. The van der Waals surface area contributed by atoms with E-state index >= 15 is 0 Å². The Balaban J connectivity index is 3.09. The van der Waals surface area contributed by atoms with E-state index in [4.69, 9.17) is 18.0 Å². The van der Waals surface area contributed by atoms with Gasteiger partial charge in [-0.05, 0) is 25.1 Å². The Morgan fingerprint density at radius 2 is 2.00 bits per heavy atom. The Hall–Kier alpha value is -1.70. The first-order chi connectivity index (χ1) is 9.54. The van der Waals surface area contributed by atoms with Crippen molar-refractivity contribution in [3.63, 3.8) is 0 Å². The van der Waals surface area contributed by atoms with Crippen molar-refractivity contribution in [1.29, 1.82) is 0 Å². The standard InChI is InChI=1S/C13H14F4N2OS/c1-7(5-11(18)21)19(2)12(20)9-6-8(13(15,16)17)3-4-10(9)14/h3-4,6-7H,5H2,1-2H3,(H2,18,21). The molecule has 1 aromatic carbocycles. The van der Waals surface area contributed by atoms with Crippen molar-refractivity contribution >= 4 is 23.1 Å². The molecular formula is C13H14F4N2OS. The molecular weight excluding hydrogens is 308 g/mol. The molecule has 1 atom stereocenters. The largest absolute Gasteiger partial charge is 0.416 e.